The Kier molecular flexibility index (Phi) is 6.11. The molecule has 0 aliphatic carbocycles. The fourth-order valence-electron chi connectivity index (χ4n) is 4.79. The van der Waals surface area contributed by atoms with Gasteiger partial charge in [0.1, 0.15) is 0 Å². The van der Waals surface area contributed by atoms with Crippen molar-refractivity contribution in [2.75, 3.05) is 33.5 Å². The Labute approximate surface area is 173 Å². The van der Waals surface area contributed by atoms with Gasteiger partial charge in [0, 0.05) is 45.0 Å². The van der Waals surface area contributed by atoms with Gasteiger partial charge in [-0.25, -0.2) is 4.98 Å². The van der Waals surface area contributed by atoms with Gasteiger partial charge >= 0.3 is 0 Å². The van der Waals surface area contributed by atoms with Crippen molar-refractivity contribution in [2.24, 2.45) is 0 Å². The highest BCUT2D eigenvalue weighted by Crippen LogP contribution is 2.43. The molecule has 29 heavy (non-hydrogen) atoms. The number of nitrogens with zero attached hydrogens (tertiary/aromatic N) is 3. The Morgan fingerprint density at radius 1 is 1.17 bits per heavy atom. The summed E-state index contributed by atoms with van der Waals surface area (Å²) < 4.78 is 19.5. The first-order valence-corrected chi connectivity index (χ1v) is 10.9. The van der Waals surface area contributed by atoms with Crippen LogP contribution in [0.5, 0.6) is 11.5 Å². The minimum absolute atomic E-state index is 0.0309. The van der Waals surface area contributed by atoms with Crippen molar-refractivity contribution >= 4 is 0 Å². The second-order valence-corrected chi connectivity index (χ2v) is 7.98. The molecule has 0 bridgehead atoms. The van der Waals surface area contributed by atoms with Gasteiger partial charge in [-0.1, -0.05) is 13.0 Å². The quantitative estimate of drug-likeness (QED) is 0.709. The van der Waals surface area contributed by atoms with Gasteiger partial charge in [-0.3, -0.25) is 4.90 Å². The molecule has 0 saturated carbocycles. The van der Waals surface area contributed by atoms with Gasteiger partial charge < -0.3 is 18.8 Å². The smallest absolute Gasteiger partial charge is 0.161 e. The molecule has 2 aliphatic heterocycles. The van der Waals surface area contributed by atoms with Gasteiger partial charge in [-0.2, -0.15) is 0 Å². The van der Waals surface area contributed by atoms with Crippen molar-refractivity contribution in [3.05, 3.63) is 41.5 Å². The molecule has 0 N–H and O–H groups in total. The highest BCUT2D eigenvalue weighted by Gasteiger charge is 2.46. The predicted molar refractivity (Wildman–Crippen MR) is 113 cm³/mol. The highest BCUT2D eigenvalue weighted by molar-refractivity contribution is 5.43. The molecule has 158 valence electrons. The average molecular weight is 400 g/mol. The van der Waals surface area contributed by atoms with E-state index >= 15 is 0 Å². The number of methoxy groups -OCH3 is 1. The summed E-state index contributed by atoms with van der Waals surface area (Å²) in [6.45, 7) is 9.49. The van der Waals surface area contributed by atoms with Gasteiger partial charge in [0.2, 0.25) is 0 Å². The van der Waals surface area contributed by atoms with Crippen LogP contribution in [0.4, 0.5) is 0 Å². The third-order valence-electron chi connectivity index (χ3n) is 6.33. The lowest BCUT2D eigenvalue weighted by Crippen LogP contribution is -2.53. The van der Waals surface area contributed by atoms with Crippen molar-refractivity contribution in [1.82, 2.24) is 14.5 Å². The van der Waals surface area contributed by atoms with E-state index in [1.54, 1.807) is 7.11 Å². The molecule has 0 radical (unpaired) electrons. The number of imidazole rings is 1. The second-order valence-electron chi connectivity index (χ2n) is 7.98. The molecule has 1 aromatic carbocycles. The van der Waals surface area contributed by atoms with Crippen LogP contribution in [-0.2, 0) is 29.8 Å². The van der Waals surface area contributed by atoms with E-state index in [0.29, 0.717) is 6.61 Å². The van der Waals surface area contributed by atoms with E-state index < -0.39 is 0 Å². The average Bonchev–Trinajstić information content (AvgIpc) is 3.20. The van der Waals surface area contributed by atoms with Crippen LogP contribution < -0.4 is 9.47 Å². The minimum Gasteiger partial charge on any atom is -0.493 e. The molecule has 2 aromatic rings. The maximum atomic E-state index is 5.83. The van der Waals surface area contributed by atoms with Crippen molar-refractivity contribution in [3.8, 4) is 11.5 Å². The van der Waals surface area contributed by atoms with Crippen LogP contribution in [0.3, 0.4) is 0 Å². The summed E-state index contributed by atoms with van der Waals surface area (Å²) in [6, 6.07) is 6.33. The fraction of sp³-hybridized carbons (Fsp3) is 0.609. The fourth-order valence-corrected chi connectivity index (χ4v) is 4.79. The number of aromatic nitrogens is 2. The molecular weight excluding hydrogens is 366 g/mol. The van der Waals surface area contributed by atoms with E-state index in [0.717, 1.165) is 70.0 Å². The number of rotatable bonds is 7. The first-order valence-electron chi connectivity index (χ1n) is 10.9. The molecule has 0 unspecified atom stereocenters. The van der Waals surface area contributed by atoms with Crippen LogP contribution in [0, 0.1) is 0 Å². The number of hydrogen-bond acceptors (Lipinski definition) is 5. The maximum absolute atomic E-state index is 5.83. The van der Waals surface area contributed by atoms with E-state index in [2.05, 4.69) is 35.4 Å². The van der Waals surface area contributed by atoms with E-state index in [-0.39, 0.29) is 5.54 Å². The van der Waals surface area contributed by atoms with E-state index in [1.807, 2.05) is 12.4 Å². The molecule has 0 atom stereocenters. The zero-order valence-electron chi connectivity index (χ0n) is 17.9. The van der Waals surface area contributed by atoms with Gasteiger partial charge in [0.25, 0.3) is 0 Å². The van der Waals surface area contributed by atoms with Crippen molar-refractivity contribution in [1.29, 1.82) is 0 Å². The van der Waals surface area contributed by atoms with Gasteiger partial charge in [-0.15, -0.1) is 0 Å². The third kappa shape index (κ3) is 3.76. The maximum Gasteiger partial charge on any atom is 0.161 e. The van der Waals surface area contributed by atoms with E-state index in [9.17, 15) is 0 Å². The van der Waals surface area contributed by atoms with Gasteiger partial charge in [0.15, 0.2) is 11.5 Å². The molecular formula is C23H33N3O3. The van der Waals surface area contributed by atoms with E-state index in [4.69, 9.17) is 19.2 Å². The van der Waals surface area contributed by atoms with Gasteiger partial charge in [-0.05, 0) is 43.9 Å². The highest BCUT2D eigenvalue weighted by atomic mass is 16.5. The molecule has 1 saturated heterocycles. The second kappa shape index (κ2) is 8.76. The number of benzene rings is 1. The lowest BCUT2D eigenvalue weighted by Gasteiger charge is -2.48. The lowest BCUT2D eigenvalue weighted by molar-refractivity contribution is -0.0453. The molecule has 1 spiro atoms. The first kappa shape index (κ1) is 20.2. The van der Waals surface area contributed by atoms with Crippen LogP contribution >= 0.6 is 0 Å². The molecule has 4 rings (SSSR count). The molecule has 1 fully saturated rings. The zero-order valence-corrected chi connectivity index (χ0v) is 17.9. The molecule has 6 heteroatoms. The molecule has 6 nitrogen and oxygen atoms in total. The molecule has 2 aliphatic rings. The molecule has 3 heterocycles. The van der Waals surface area contributed by atoms with Crippen molar-refractivity contribution < 1.29 is 14.2 Å². The van der Waals surface area contributed by atoms with Crippen molar-refractivity contribution in [3.63, 3.8) is 0 Å². The third-order valence-corrected chi connectivity index (χ3v) is 6.33. The Hall–Kier alpha value is -2.05. The monoisotopic (exact) mass is 399 g/mol. The Balaban J connectivity index is 1.62. The van der Waals surface area contributed by atoms with Crippen LogP contribution in [0.1, 0.15) is 50.1 Å². The summed E-state index contributed by atoms with van der Waals surface area (Å²) in [5, 5.41) is 0. The number of aryl methyl sites for hydroxylation is 1. The summed E-state index contributed by atoms with van der Waals surface area (Å²) in [5.74, 6) is 1.63. The van der Waals surface area contributed by atoms with E-state index in [1.165, 1.54) is 17.0 Å². The summed E-state index contributed by atoms with van der Waals surface area (Å²) in [4.78, 5) is 7.52. The Morgan fingerprint density at radius 2 is 2.00 bits per heavy atom. The topological polar surface area (TPSA) is 48.8 Å². The van der Waals surface area contributed by atoms with Gasteiger partial charge in [0.05, 0.1) is 31.3 Å². The summed E-state index contributed by atoms with van der Waals surface area (Å²) in [5.41, 5.74) is 3.89. The van der Waals surface area contributed by atoms with Crippen LogP contribution in [0.2, 0.25) is 0 Å². The summed E-state index contributed by atoms with van der Waals surface area (Å²) in [7, 11) is 1.71. The molecule has 1 aromatic heterocycles. The van der Waals surface area contributed by atoms with Crippen molar-refractivity contribution in [2.45, 2.75) is 58.2 Å². The SMILES string of the molecule is CCCOc1ccc(CN2CCc3c(ncn3CC)C23CCOCC3)cc1OC. The lowest BCUT2D eigenvalue weighted by atomic mass is 9.80. The zero-order chi connectivity index (χ0) is 20.3. The Bertz CT molecular complexity index is 827. The van der Waals surface area contributed by atoms with Crippen LogP contribution in [0.25, 0.3) is 0 Å². The predicted octanol–water partition coefficient (Wildman–Crippen LogP) is 3.76. The van der Waals surface area contributed by atoms with Crippen LogP contribution in [-0.4, -0.2) is 47.9 Å². The molecule has 0 amide bonds. The minimum atomic E-state index is -0.0309. The standard InChI is InChI=1S/C23H33N3O3/c1-4-12-29-20-7-6-18(15-21(20)27-3)16-26-11-8-19-22(24-17-25(19)5-2)23(26)9-13-28-14-10-23/h6-7,15,17H,4-5,8-14,16H2,1-3H3. The normalized spacial score (nSPS) is 18.6. The number of hydrogen-bond donors (Lipinski definition) is 0. The largest absolute Gasteiger partial charge is 0.493 e. The number of ether oxygens (including phenoxy) is 3. The summed E-state index contributed by atoms with van der Waals surface area (Å²) in [6.07, 6.45) is 6.04. The van der Waals surface area contributed by atoms with Crippen LogP contribution in [0.15, 0.2) is 24.5 Å². The summed E-state index contributed by atoms with van der Waals surface area (Å²) >= 11 is 0. The Morgan fingerprint density at radius 3 is 2.72 bits per heavy atom. The number of fused-ring (bicyclic) bond motifs is 2. The first-order chi connectivity index (χ1) is 14.2.